The molecule has 5 nitrogen and oxygen atoms in total. The van der Waals surface area contributed by atoms with Crippen molar-refractivity contribution in [3.8, 4) is 0 Å². The molecule has 0 aliphatic heterocycles. The summed E-state index contributed by atoms with van der Waals surface area (Å²) >= 11 is 0. The Labute approximate surface area is 101 Å². The fraction of sp³-hybridized carbons (Fsp3) is 0.500. The first-order chi connectivity index (χ1) is 8.15. The molecule has 2 rings (SSSR count). The predicted octanol–water partition coefficient (Wildman–Crippen LogP) is 2.63. The minimum atomic E-state index is -0.299. The molecule has 92 valence electrons. The summed E-state index contributed by atoms with van der Waals surface area (Å²) in [5, 5.41) is 14.2. The van der Waals surface area contributed by atoms with Gasteiger partial charge in [-0.1, -0.05) is 6.07 Å². The molecule has 17 heavy (non-hydrogen) atoms. The summed E-state index contributed by atoms with van der Waals surface area (Å²) in [6.07, 6.45) is 2.25. The third-order valence-corrected chi connectivity index (χ3v) is 3.04. The number of benzene rings is 1. The Morgan fingerprint density at radius 1 is 1.53 bits per heavy atom. The number of hydrogen-bond acceptors (Lipinski definition) is 4. The molecule has 0 bridgehead atoms. The molecule has 0 amide bonds. The second-order valence-corrected chi connectivity index (χ2v) is 4.30. The maximum atomic E-state index is 11.2. The standard InChI is InChI=1S/C12H17N3O2/c1-3-13-10-5-4-6-11(12(10)15(16)17)14(2)9-7-8-9/h4-6,9,13H,3,7-8H2,1-2H3. The molecular weight excluding hydrogens is 218 g/mol. The van der Waals surface area contributed by atoms with Gasteiger partial charge >= 0.3 is 5.69 Å². The number of para-hydroxylation sites is 1. The lowest BCUT2D eigenvalue weighted by Crippen LogP contribution is -2.21. The molecule has 1 saturated carbocycles. The fourth-order valence-electron chi connectivity index (χ4n) is 2.00. The van der Waals surface area contributed by atoms with Gasteiger partial charge in [0.2, 0.25) is 0 Å². The summed E-state index contributed by atoms with van der Waals surface area (Å²) in [7, 11) is 1.93. The fourth-order valence-corrected chi connectivity index (χ4v) is 2.00. The van der Waals surface area contributed by atoms with E-state index in [2.05, 4.69) is 5.32 Å². The van der Waals surface area contributed by atoms with Crippen molar-refractivity contribution in [2.24, 2.45) is 0 Å². The van der Waals surface area contributed by atoms with E-state index in [9.17, 15) is 10.1 Å². The minimum Gasteiger partial charge on any atom is -0.380 e. The number of anilines is 2. The summed E-state index contributed by atoms with van der Waals surface area (Å²) < 4.78 is 0. The molecule has 1 fully saturated rings. The van der Waals surface area contributed by atoms with E-state index in [0.29, 0.717) is 24.0 Å². The highest BCUT2D eigenvalue weighted by Crippen LogP contribution is 2.39. The van der Waals surface area contributed by atoms with Crippen molar-refractivity contribution >= 4 is 17.1 Å². The molecule has 0 atom stereocenters. The summed E-state index contributed by atoms with van der Waals surface area (Å²) in [6, 6.07) is 5.90. The smallest absolute Gasteiger partial charge is 0.315 e. The van der Waals surface area contributed by atoms with E-state index in [0.717, 1.165) is 12.8 Å². The van der Waals surface area contributed by atoms with Gasteiger partial charge in [0, 0.05) is 19.6 Å². The molecule has 0 spiro atoms. The minimum absolute atomic E-state index is 0.184. The Kier molecular flexibility index (Phi) is 3.17. The zero-order valence-electron chi connectivity index (χ0n) is 10.1. The van der Waals surface area contributed by atoms with Gasteiger partial charge < -0.3 is 10.2 Å². The zero-order chi connectivity index (χ0) is 12.4. The highest BCUT2D eigenvalue weighted by Gasteiger charge is 2.31. The molecule has 1 aromatic rings. The van der Waals surface area contributed by atoms with Gasteiger partial charge in [0.1, 0.15) is 11.4 Å². The Morgan fingerprint density at radius 3 is 2.76 bits per heavy atom. The van der Waals surface area contributed by atoms with Crippen molar-refractivity contribution in [2.45, 2.75) is 25.8 Å². The van der Waals surface area contributed by atoms with E-state index in [4.69, 9.17) is 0 Å². The van der Waals surface area contributed by atoms with Crippen LogP contribution in [0.25, 0.3) is 0 Å². The first kappa shape index (κ1) is 11.7. The molecule has 0 heterocycles. The summed E-state index contributed by atoms with van der Waals surface area (Å²) in [5.41, 5.74) is 1.49. The first-order valence-electron chi connectivity index (χ1n) is 5.89. The maximum absolute atomic E-state index is 11.2. The van der Waals surface area contributed by atoms with E-state index in [1.54, 1.807) is 6.07 Å². The molecule has 5 heteroatoms. The predicted molar refractivity (Wildman–Crippen MR) is 68.7 cm³/mol. The van der Waals surface area contributed by atoms with Crippen molar-refractivity contribution in [1.29, 1.82) is 0 Å². The van der Waals surface area contributed by atoms with E-state index >= 15 is 0 Å². The largest absolute Gasteiger partial charge is 0.380 e. The summed E-state index contributed by atoms with van der Waals surface area (Å²) in [6.45, 7) is 2.61. The van der Waals surface area contributed by atoms with Crippen molar-refractivity contribution in [2.75, 3.05) is 23.8 Å². The summed E-state index contributed by atoms with van der Waals surface area (Å²) in [5.74, 6) is 0. The van der Waals surface area contributed by atoms with Gasteiger partial charge in [-0.2, -0.15) is 0 Å². The second kappa shape index (κ2) is 4.61. The maximum Gasteiger partial charge on any atom is 0.315 e. The van der Waals surface area contributed by atoms with Gasteiger partial charge in [0.25, 0.3) is 0 Å². The van der Waals surface area contributed by atoms with Crippen LogP contribution in [0.1, 0.15) is 19.8 Å². The monoisotopic (exact) mass is 235 g/mol. The molecule has 1 aliphatic carbocycles. The number of nitro groups is 1. The SMILES string of the molecule is CCNc1cccc(N(C)C2CC2)c1[N+](=O)[O-]. The molecule has 0 saturated heterocycles. The third kappa shape index (κ3) is 2.33. The van der Waals surface area contributed by atoms with E-state index < -0.39 is 0 Å². The Bertz CT molecular complexity index is 430. The molecule has 0 radical (unpaired) electrons. The molecule has 0 unspecified atom stereocenters. The number of rotatable bonds is 5. The lowest BCUT2D eigenvalue weighted by molar-refractivity contribution is -0.383. The number of hydrogen-bond donors (Lipinski definition) is 1. The van der Waals surface area contributed by atoms with Crippen molar-refractivity contribution in [3.63, 3.8) is 0 Å². The number of nitro benzene ring substituents is 1. The van der Waals surface area contributed by atoms with Crippen molar-refractivity contribution in [1.82, 2.24) is 0 Å². The topological polar surface area (TPSA) is 58.4 Å². The summed E-state index contributed by atoms with van der Waals surface area (Å²) in [4.78, 5) is 12.9. The average molecular weight is 235 g/mol. The van der Waals surface area contributed by atoms with E-state index in [1.807, 2.05) is 31.0 Å². The second-order valence-electron chi connectivity index (χ2n) is 4.30. The van der Waals surface area contributed by atoms with Gasteiger partial charge in [0.15, 0.2) is 0 Å². The van der Waals surface area contributed by atoms with Crippen molar-refractivity contribution < 1.29 is 4.92 Å². The molecular formula is C12H17N3O2. The van der Waals surface area contributed by atoms with Gasteiger partial charge in [-0.3, -0.25) is 10.1 Å². The van der Waals surface area contributed by atoms with Crippen molar-refractivity contribution in [3.05, 3.63) is 28.3 Å². The van der Waals surface area contributed by atoms with Crippen LogP contribution in [-0.2, 0) is 0 Å². The molecule has 1 N–H and O–H groups in total. The first-order valence-corrected chi connectivity index (χ1v) is 5.89. The highest BCUT2D eigenvalue weighted by molar-refractivity contribution is 5.77. The van der Waals surface area contributed by atoms with Crippen LogP contribution in [0.2, 0.25) is 0 Å². The normalized spacial score (nSPS) is 14.5. The Morgan fingerprint density at radius 2 is 2.24 bits per heavy atom. The molecule has 1 aromatic carbocycles. The van der Waals surface area contributed by atoms with Crippen LogP contribution >= 0.6 is 0 Å². The molecule has 1 aliphatic rings. The molecule has 0 aromatic heterocycles. The third-order valence-electron chi connectivity index (χ3n) is 3.04. The van der Waals surface area contributed by atoms with Gasteiger partial charge in [-0.25, -0.2) is 0 Å². The lowest BCUT2D eigenvalue weighted by Gasteiger charge is -2.19. The van der Waals surface area contributed by atoms with Crippen LogP contribution < -0.4 is 10.2 Å². The van der Waals surface area contributed by atoms with Crippen LogP contribution in [-0.4, -0.2) is 24.6 Å². The van der Waals surface area contributed by atoms with E-state index in [1.165, 1.54) is 0 Å². The quantitative estimate of drug-likeness (QED) is 0.629. The van der Waals surface area contributed by atoms with Gasteiger partial charge in [0.05, 0.1) is 4.92 Å². The van der Waals surface area contributed by atoms with Gasteiger partial charge in [-0.15, -0.1) is 0 Å². The highest BCUT2D eigenvalue weighted by atomic mass is 16.6. The zero-order valence-corrected chi connectivity index (χ0v) is 10.1. The van der Waals surface area contributed by atoms with Crippen LogP contribution in [0.15, 0.2) is 18.2 Å². The lowest BCUT2D eigenvalue weighted by atomic mass is 10.2. The Hall–Kier alpha value is -1.78. The number of nitrogens with zero attached hydrogens (tertiary/aromatic N) is 2. The number of nitrogens with one attached hydrogen (secondary N) is 1. The van der Waals surface area contributed by atoms with Crippen LogP contribution in [0.4, 0.5) is 17.1 Å². The van der Waals surface area contributed by atoms with Crippen LogP contribution in [0, 0.1) is 10.1 Å². The average Bonchev–Trinajstić information content (AvgIpc) is 3.11. The van der Waals surface area contributed by atoms with Crippen LogP contribution in [0.5, 0.6) is 0 Å². The Balaban J connectivity index is 2.42. The van der Waals surface area contributed by atoms with Crippen LogP contribution in [0.3, 0.4) is 0 Å². The van der Waals surface area contributed by atoms with Gasteiger partial charge in [-0.05, 0) is 31.9 Å². The van der Waals surface area contributed by atoms with E-state index in [-0.39, 0.29) is 10.6 Å².